The Kier molecular flexibility index (Phi) is 6.33. The lowest BCUT2D eigenvalue weighted by Gasteiger charge is -2.28. The van der Waals surface area contributed by atoms with Gasteiger partial charge in [0.25, 0.3) is 0 Å². The Labute approximate surface area is 185 Å². The summed E-state index contributed by atoms with van der Waals surface area (Å²) in [5.41, 5.74) is 5.73. The minimum Gasteiger partial charge on any atom is -0.388 e. The maximum Gasteiger partial charge on any atom is 0.351 e. The standard InChI is InChI=1S/C21H27N4O6P/c1-12-18(29-3)19(14-7-5-4-6-8-14)32(28,24-12)31-13(2)16-11-15(26)20(30-16)25-10-9-17(22)23-21(25)27/h4-10,13,15-16,18-20,26H,11H2,1-3H3,(H2,22,23,27). The predicted octanol–water partition coefficient (Wildman–Crippen LogP) is 2.30. The van der Waals surface area contributed by atoms with Gasteiger partial charge >= 0.3 is 13.2 Å². The number of aliphatic hydroxyl groups is 1. The molecular weight excluding hydrogens is 435 g/mol. The first kappa shape index (κ1) is 22.8. The van der Waals surface area contributed by atoms with Crippen LogP contribution in [0, 0.1) is 0 Å². The van der Waals surface area contributed by atoms with E-state index in [0.29, 0.717) is 5.71 Å². The molecule has 3 heterocycles. The quantitative estimate of drug-likeness (QED) is 0.624. The van der Waals surface area contributed by atoms with Crippen molar-refractivity contribution in [2.24, 2.45) is 4.76 Å². The maximum absolute atomic E-state index is 13.9. The van der Waals surface area contributed by atoms with Gasteiger partial charge in [0.1, 0.15) is 23.7 Å². The number of ether oxygens (including phenoxy) is 2. The molecule has 0 saturated carbocycles. The number of aliphatic hydroxyl groups excluding tert-OH is 1. The van der Waals surface area contributed by atoms with Crippen LogP contribution in [0.15, 0.2) is 52.2 Å². The molecule has 0 radical (unpaired) electrons. The lowest BCUT2D eigenvalue weighted by atomic mass is 10.0. The fourth-order valence-corrected chi connectivity index (χ4v) is 7.00. The lowest BCUT2D eigenvalue weighted by Crippen LogP contribution is -2.32. The van der Waals surface area contributed by atoms with Gasteiger partial charge in [-0.15, -0.1) is 0 Å². The van der Waals surface area contributed by atoms with Crippen molar-refractivity contribution < 1.29 is 23.7 Å². The molecule has 172 valence electrons. The number of rotatable bonds is 6. The second-order valence-corrected chi connectivity index (χ2v) is 10.1. The van der Waals surface area contributed by atoms with Gasteiger partial charge in [-0.2, -0.15) is 4.98 Å². The number of nitrogen functional groups attached to an aromatic ring is 1. The van der Waals surface area contributed by atoms with Crippen molar-refractivity contribution in [2.75, 3.05) is 12.8 Å². The number of methoxy groups -OCH3 is 1. The van der Waals surface area contributed by atoms with E-state index in [2.05, 4.69) is 9.75 Å². The summed E-state index contributed by atoms with van der Waals surface area (Å²) in [5, 5.41) is 10.5. The van der Waals surface area contributed by atoms with Crippen LogP contribution in [0.4, 0.5) is 5.82 Å². The van der Waals surface area contributed by atoms with Crippen LogP contribution in [-0.2, 0) is 18.6 Å². The summed E-state index contributed by atoms with van der Waals surface area (Å²) in [6, 6.07) is 10.8. The summed E-state index contributed by atoms with van der Waals surface area (Å²) in [6.45, 7) is 3.49. The Morgan fingerprint density at radius 1 is 1.31 bits per heavy atom. The first-order valence-corrected chi connectivity index (χ1v) is 12.0. The van der Waals surface area contributed by atoms with Gasteiger partial charge in [-0.3, -0.25) is 9.13 Å². The van der Waals surface area contributed by atoms with Crippen molar-refractivity contribution in [1.29, 1.82) is 0 Å². The number of anilines is 1. The van der Waals surface area contributed by atoms with Crippen LogP contribution in [0.2, 0.25) is 0 Å². The van der Waals surface area contributed by atoms with E-state index in [-0.39, 0.29) is 12.2 Å². The third-order valence-corrected chi connectivity index (χ3v) is 8.33. The summed E-state index contributed by atoms with van der Waals surface area (Å²) in [6.07, 6.45) is -2.06. The largest absolute Gasteiger partial charge is 0.388 e. The molecule has 7 unspecified atom stereocenters. The summed E-state index contributed by atoms with van der Waals surface area (Å²) >= 11 is 0. The van der Waals surface area contributed by atoms with Gasteiger partial charge < -0.3 is 24.8 Å². The normalized spacial score (nSPS) is 33.2. The number of hydrogen-bond donors (Lipinski definition) is 2. The van der Waals surface area contributed by atoms with E-state index >= 15 is 0 Å². The number of aromatic nitrogens is 2. The summed E-state index contributed by atoms with van der Waals surface area (Å²) < 4.78 is 37.1. The molecule has 0 aliphatic carbocycles. The minimum atomic E-state index is -3.56. The van der Waals surface area contributed by atoms with Gasteiger partial charge in [0.2, 0.25) is 0 Å². The summed E-state index contributed by atoms with van der Waals surface area (Å²) in [5.74, 6) is 0.0826. The highest BCUT2D eigenvalue weighted by Crippen LogP contribution is 2.68. The molecular formula is C21H27N4O6P. The van der Waals surface area contributed by atoms with E-state index in [4.69, 9.17) is 19.7 Å². The van der Waals surface area contributed by atoms with Crippen molar-refractivity contribution in [3.05, 3.63) is 58.6 Å². The molecule has 3 N–H and O–H groups in total. The lowest BCUT2D eigenvalue weighted by molar-refractivity contribution is -0.0676. The first-order valence-electron chi connectivity index (χ1n) is 10.3. The Hall–Kier alpha value is -2.36. The Bertz CT molecular complexity index is 1110. The predicted molar refractivity (Wildman–Crippen MR) is 119 cm³/mol. The van der Waals surface area contributed by atoms with Gasteiger partial charge in [0.05, 0.1) is 12.2 Å². The van der Waals surface area contributed by atoms with Gasteiger partial charge in [-0.25, -0.2) is 9.56 Å². The van der Waals surface area contributed by atoms with Crippen LogP contribution < -0.4 is 11.4 Å². The molecule has 0 amide bonds. The molecule has 2 aliphatic heterocycles. The maximum atomic E-state index is 13.9. The number of hydrogen-bond acceptors (Lipinski definition) is 8. The van der Waals surface area contributed by atoms with Gasteiger partial charge in [-0.1, -0.05) is 30.3 Å². The van der Waals surface area contributed by atoms with E-state index < -0.39 is 49.5 Å². The molecule has 11 heteroatoms. The van der Waals surface area contributed by atoms with E-state index in [0.717, 1.165) is 5.56 Å². The SMILES string of the molecule is COC1C(C)=NP(=O)(OC(C)C2CC(O)C(n3ccc(N)nc3=O)O2)C1c1ccccc1. The van der Waals surface area contributed by atoms with Crippen molar-refractivity contribution in [2.45, 2.75) is 56.6 Å². The zero-order valence-corrected chi connectivity index (χ0v) is 19.0. The number of nitrogens with zero attached hydrogens (tertiary/aromatic N) is 3. The molecule has 1 fully saturated rings. The highest BCUT2D eigenvalue weighted by atomic mass is 31.2. The molecule has 1 saturated heterocycles. The third-order valence-electron chi connectivity index (χ3n) is 5.83. The molecule has 0 bridgehead atoms. The Balaban J connectivity index is 1.55. The first-order chi connectivity index (χ1) is 15.2. The molecule has 10 nitrogen and oxygen atoms in total. The van der Waals surface area contributed by atoms with Crippen LogP contribution >= 0.6 is 7.52 Å². The van der Waals surface area contributed by atoms with Crippen molar-refractivity contribution >= 4 is 19.0 Å². The second-order valence-electron chi connectivity index (χ2n) is 8.04. The Morgan fingerprint density at radius 3 is 2.69 bits per heavy atom. The van der Waals surface area contributed by atoms with E-state index in [9.17, 15) is 14.5 Å². The zero-order chi connectivity index (χ0) is 23.0. The average Bonchev–Trinajstić information content (AvgIpc) is 3.25. The zero-order valence-electron chi connectivity index (χ0n) is 18.1. The van der Waals surface area contributed by atoms with E-state index in [1.54, 1.807) is 21.0 Å². The number of benzene rings is 1. The topological polar surface area (TPSA) is 138 Å². The van der Waals surface area contributed by atoms with E-state index in [1.807, 2.05) is 30.3 Å². The fourth-order valence-electron chi connectivity index (χ4n) is 4.30. The molecule has 2 aromatic rings. The minimum absolute atomic E-state index is 0.0826. The van der Waals surface area contributed by atoms with Crippen molar-refractivity contribution in [3.8, 4) is 0 Å². The van der Waals surface area contributed by atoms with Gasteiger partial charge in [0, 0.05) is 25.4 Å². The fraction of sp³-hybridized carbons (Fsp3) is 0.476. The van der Waals surface area contributed by atoms with Gasteiger partial charge in [0.15, 0.2) is 6.23 Å². The highest BCUT2D eigenvalue weighted by Gasteiger charge is 2.51. The molecule has 32 heavy (non-hydrogen) atoms. The molecule has 7 atom stereocenters. The molecule has 1 aromatic heterocycles. The van der Waals surface area contributed by atoms with Crippen LogP contribution in [0.25, 0.3) is 0 Å². The summed E-state index contributed by atoms with van der Waals surface area (Å²) in [4.78, 5) is 15.8. The van der Waals surface area contributed by atoms with Crippen molar-refractivity contribution in [1.82, 2.24) is 9.55 Å². The monoisotopic (exact) mass is 462 g/mol. The van der Waals surface area contributed by atoms with Crippen LogP contribution in [-0.4, -0.2) is 51.9 Å². The van der Waals surface area contributed by atoms with Crippen molar-refractivity contribution in [3.63, 3.8) is 0 Å². The second kappa shape index (κ2) is 8.88. The highest BCUT2D eigenvalue weighted by molar-refractivity contribution is 7.58. The Morgan fingerprint density at radius 2 is 2.03 bits per heavy atom. The van der Waals surface area contributed by atoms with Crippen LogP contribution in [0.1, 0.15) is 37.7 Å². The van der Waals surface area contributed by atoms with Crippen LogP contribution in [0.3, 0.4) is 0 Å². The van der Waals surface area contributed by atoms with Gasteiger partial charge in [-0.05, 0) is 25.5 Å². The molecule has 4 rings (SSSR count). The van der Waals surface area contributed by atoms with Crippen LogP contribution in [0.5, 0.6) is 0 Å². The average molecular weight is 462 g/mol. The third kappa shape index (κ3) is 4.16. The number of nitrogens with two attached hydrogens (primary N) is 1. The van der Waals surface area contributed by atoms with E-state index in [1.165, 1.54) is 16.8 Å². The summed E-state index contributed by atoms with van der Waals surface area (Å²) in [7, 11) is -2.01. The molecule has 2 aliphatic rings. The smallest absolute Gasteiger partial charge is 0.351 e. The molecule has 0 spiro atoms. The molecule has 1 aromatic carbocycles.